The van der Waals surface area contributed by atoms with Gasteiger partial charge < -0.3 is 14.4 Å². The predicted molar refractivity (Wildman–Crippen MR) is 127 cm³/mol. The van der Waals surface area contributed by atoms with Crippen LogP contribution in [0.1, 0.15) is 31.3 Å². The van der Waals surface area contributed by atoms with E-state index in [4.69, 9.17) is 9.84 Å². The number of carboxylic acid groups (broad SMARTS) is 1. The molecular weight excluding hydrogens is 662 g/mol. The normalized spacial score (nSPS) is 10.4. The molecule has 0 aliphatic carbocycles. The number of ether oxygens (including phenoxy) is 1. The second-order valence-electron chi connectivity index (χ2n) is 7.74. The van der Waals surface area contributed by atoms with Crippen LogP contribution in [0.2, 0.25) is 0 Å². The van der Waals surface area contributed by atoms with Gasteiger partial charge in [-0.3, -0.25) is 4.98 Å². The van der Waals surface area contributed by atoms with Gasteiger partial charge in [0.2, 0.25) is 0 Å². The summed E-state index contributed by atoms with van der Waals surface area (Å²) < 4.78 is 9.13. The molecule has 173 valence electrons. The Bertz CT molecular complexity index is 1190. The number of carbonyl (C=O) groups is 1. The molecule has 6 nitrogen and oxygen atoms in total. The summed E-state index contributed by atoms with van der Waals surface area (Å²) in [5.74, 6) is 0.668. The molecule has 4 rings (SSSR count). The Morgan fingerprint density at radius 1 is 1.06 bits per heavy atom. The molecule has 1 N–H and O–H groups in total. The van der Waals surface area contributed by atoms with Crippen LogP contribution in [0, 0.1) is 6.07 Å². The molecular formula is C25H23BrIrN3O3-. The minimum absolute atomic E-state index is 0. The van der Waals surface area contributed by atoms with E-state index in [1.165, 1.54) is 12.3 Å². The minimum atomic E-state index is -0.990. The van der Waals surface area contributed by atoms with Crippen LogP contribution in [0.15, 0.2) is 83.7 Å². The zero-order valence-electron chi connectivity index (χ0n) is 18.3. The first-order chi connectivity index (χ1) is 15.2. The van der Waals surface area contributed by atoms with E-state index in [1.54, 1.807) is 18.3 Å². The second-order valence-corrected chi connectivity index (χ2v) is 8.66. The first kappa shape index (κ1) is 26.5. The summed E-state index contributed by atoms with van der Waals surface area (Å²) in [5, 5.41) is 8.32. The first-order valence-electron chi connectivity index (χ1n) is 9.88. The average Bonchev–Trinajstić information content (AvgIpc) is 3.24. The van der Waals surface area contributed by atoms with E-state index in [-0.39, 0.29) is 31.4 Å². The van der Waals surface area contributed by atoms with Gasteiger partial charge in [0.1, 0.15) is 17.0 Å². The second kappa shape index (κ2) is 11.9. The summed E-state index contributed by atoms with van der Waals surface area (Å²) in [4.78, 5) is 18.2. The van der Waals surface area contributed by atoms with Crippen molar-refractivity contribution in [2.45, 2.75) is 26.4 Å². The summed E-state index contributed by atoms with van der Waals surface area (Å²) in [7, 11) is 0. The quantitative estimate of drug-likeness (QED) is 0.265. The zero-order chi connectivity index (χ0) is 23.1. The predicted octanol–water partition coefficient (Wildman–Crippen LogP) is 6.06. The molecule has 1 radical (unpaired) electrons. The zero-order valence-corrected chi connectivity index (χ0v) is 22.3. The van der Waals surface area contributed by atoms with Crippen molar-refractivity contribution in [2.75, 3.05) is 0 Å². The number of aromatic nitrogens is 3. The van der Waals surface area contributed by atoms with Gasteiger partial charge in [-0.2, -0.15) is 0 Å². The monoisotopic (exact) mass is 685 g/mol. The Balaban J connectivity index is 0.000000326. The molecule has 0 bridgehead atoms. The number of para-hydroxylation sites is 2. The molecule has 8 heteroatoms. The molecule has 33 heavy (non-hydrogen) atoms. The van der Waals surface area contributed by atoms with Crippen LogP contribution < -0.4 is 4.74 Å². The first-order valence-corrected chi connectivity index (χ1v) is 10.7. The summed E-state index contributed by atoms with van der Waals surface area (Å²) in [6.07, 6.45) is 5.18. The number of nitrogens with zero attached hydrogens (tertiary/aromatic N) is 3. The van der Waals surface area contributed by atoms with Crippen molar-refractivity contribution < 1.29 is 34.7 Å². The van der Waals surface area contributed by atoms with Crippen LogP contribution in [0.25, 0.3) is 17.1 Å². The molecule has 0 atom stereocenters. The van der Waals surface area contributed by atoms with Crippen LogP contribution in [0.3, 0.4) is 0 Å². The number of aromatic carboxylic acids is 1. The van der Waals surface area contributed by atoms with E-state index in [0.717, 1.165) is 27.3 Å². The van der Waals surface area contributed by atoms with Crippen LogP contribution in [0.5, 0.6) is 5.75 Å². The molecule has 0 saturated carbocycles. The van der Waals surface area contributed by atoms with Gasteiger partial charge in [0.25, 0.3) is 0 Å². The Labute approximate surface area is 215 Å². The summed E-state index contributed by atoms with van der Waals surface area (Å²) in [6, 6.07) is 21.8. The standard InChI is InChI=1S/C19H18BrN2O.C6H5NO2.Ir/c1-19(2,3)23-17-10-5-4-9-16(17)22-12-11-21-18(22)14-7-6-8-15(20)13-14;8-6(9)5-3-1-2-4-7-5;/h4-6,8-13H,1-3H3;1-4H,(H,8,9);/q-1;;. The van der Waals surface area contributed by atoms with Crippen molar-refractivity contribution in [1.29, 1.82) is 0 Å². The summed E-state index contributed by atoms with van der Waals surface area (Å²) in [5.41, 5.74) is 1.70. The van der Waals surface area contributed by atoms with Crippen LogP contribution in [-0.2, 0) is 20.1 Å². The topological polar surface area (TPSA) is 77.2 Å². The number of pyridine rings is 1. The molecule has 0 aliphatic heterocycles. The van der Waals surface area contributed by atoms with E-state index in [1.807, 2.05) is 74.0 Å². The van der Waals surface area contributed by atoms with E-state index < -0.39 is 5.97 Å². The number of rotatable bonds is 4. The van der Waals surface area contributed by atoms with Crippen LogP contribution in [-0.4, -0.2) is 31.2 Å². The largest absolute Gasteiger partial charge is 0.486 e. The molecule has 0 spiro atoms. The fourth-order valence-corrected chi connectivity index (χ4v) is 3.19. The SMILES string of the molecule is CC(C)(C)Oc1ccccc1-n1ccnc1-c1[c-]ccc(Br)c1.O=C(O)c1ccccn1.[Ir]. The van der Waals surface area contributed by atoms with E-state index in [9.17, 15) is 4.79 Å². The maximum absolute atomic E-state index is 10.1. The number of halogens is 1. The third-order valence-electron chi connectivity index (χ3n) is 4.07. The Morgan fingerprint density at radius 3 is 2.39 bits per heavy atom. The fraction of sp³-hybridized carbons (Fsp3) is 0.160. The number of hydrogen-bond acceptors (Lipinski definition) is 4. The van der Waals surface area contributed by atoms with E-state index >= 15 is 0 Å². The van der Waals surface area contributed by atoms with Gasteiger partial charge in [-0.05, 0) is 45.0 Å². The third kappa shape index (κ3) is 7.63. The third-order valence-corrected chi connectivity index (χ3v) is 4.56. The van der Waals surface area contributed by atoms with Crippen molar-refractivity contribution in [3.63, 3.8) is 0 Å². The van der Waals surface area contributed by atoms with Gasteiger partial charge in [-0.15, -0.1) is 29.8 Å². The fourth-order valence-electron chi connectivity index (χ4n) is 2.83. The van der Waals surface area contributed by atoms with Gasteiger partial charge in [0.05, 0.1) is 11.5 Å². The number of carboxylic acids is 1. The number of benzene rings is 2. The van der Waals surface area contributed by atoms with Crippen molar-refractivity contribution in [2.24, 2.45) is 0 Å². The molecule has 2 aromatic carbocycles. The van der Waals surface area contributed by atoms with Gasteiger partial charge in [-0.25, -0.2) is 9.78 Å². The maximum Gasteiger partial charge on any atom is 0.354 e. The number of imidazole rings is 1. The van der Waals surface area contributed by atoms with Crippen molar-refractivity contribution in [3.05, 3.63) is 95.5 Å². The maximum atomic E-state index is 10.1. The van der Waals surface area contributed by atoms with Gasteiger partial charge >= 0.3 is 5.97 Å². The molecule has 0 aliphatic rings. The van der Waals surface area contributed by atoms with Gasteiger partial charge in [-0.1, -0.05) is 38.6 Å². The van der Waals surface area contributed by atoms with Crippen molar-refractivity contribution in [1.82, 2.24) is 14.5 Å². The molecule has 0 saturated heterocycles. The molecule has 0 unspecified atom stereocenters. The van der Waals surface area contributed by atoms with Crippen LogP contribution >= 0.6 is 15.9 Å². The Kier molecular flexibility index (Phi) is 9.53. The van der Waals surface area contributed by atoms with E-state index in [0.29, 0.717) is 0 Å². The summed E-state index contributed by atoms with van der Waals surface area (Å²) >= 11 is 3.50. The molecule has 4 aromatic rings. The van der Waals surface area contributed by atoms with Crippen molar-refractivity contribution in [3.8, 4) is 22.8 Å². The Hall–Kier alpha value is -2.80. The molecule has 0 amide bonds. The summed E-state index contributed by atoms with van der Waals surface area (Å²) in [6.45, 7) is 6.13. The van der Waals surface area contributed by atoms with E-state index in [2.05, 4.69) is 32.0 Å². The van der Waals surface area contributed by atoms with Gasteiger partial charge in [0, 0.05) is 38.7 Å². The van der Waals surface area contributed by atoms with Crippen LogP contribution in [0.4, 0.5) is 0 Å². The average molecular weight is 686 g/mol. The number of hydrogen-bond donors (Lipinski definition) is 1. The molecule has 2 heterocycles. The minimum Gasteiger partial charge on any atom is -0.486 e. The van der Waals surface area contributed by atoms with Gasteiger partial charge in [0.15, 0.2) is 0 Å². The van der Waals surface area contributed by atoms with Crippen molar-refractivity contribution >= 4 is 21.9 Å². The Morgan fingerprint density at radius 2 is 1.79 bits per heavy atom. The molecule has 0 fully saturated rings. The smallest absolute Gasteiger partial charge is 0.354 e. The molecule has 2 aromatic heterocycles.